The molecule has 1 aromatic rings. The molecule has 0 spiro atoms. The van der Waals surface area contributed by atoms with Crippen molar-refractivity contribution in [1.82, 2.24) is 0 Å². The van der Waals surface area contributed by atoms with Gasteiger partial charge in [-0.3, -0.25) is 4.79 Å². The Balaban J connectivity index is 2.85. The summed E-state index contributed by atoms with van der Waals surface area (Å²) in [5.74, 6) is 0.702. The molecule has 1 unspecified atom stereocenters. The summed E-state index contributed by atoms with van der Waals surface area (Å²) in [5.41, 5.74) is 2.09. The number of amides is 1. The fraction of sp³-hybridized carbons (Fsp3) is 0.500. The first-order valence-corrected chi connectivity index (χ1v) is 6.89. The second-order valence-electron chi connectivity index (χ2n) is 4.88. The van der Waals surface area contributed by atoms with Gasteiger partial charge in [0.05, 0.1) is 4.83 Å². The van der Waals surface area contributed by atoms with Crippen LogP contribution in [0.1, 0.15) is 39.2 Å². The number of anilines is 1. The van der Waals surface area contributed by atoms with E-state index >= 15 is 0 Å². The van der Waals surface area contributed by atoms with E-state index < -0.39 is 0 Å². The van der Waals surface area contributed by atoms with Gasteiger partial charge in [0.25, 0.3) is 0 Å². The van der Waals surface area contributed by atoms with Gasteiger partial charge in [-0.25, -0.2) is 0 Å². The highest BCUT2D eigenvalue weighted by Gasteiger charge is 2.19. The van der Waals surface area contributed by atoms with Crippen LogP contribution in [-0.2, 0) is 4.79 Å². The molecule has 0 aliphatic rings. The van der Waals surface area contributed by atoms with Crippen molar-refractivity contribution < 1.29 is 4.79 Å². The lowest BCUT2D eigenvalue weighted by Crippen LogP contribution is -2.27. The molecule has 3 heteroatoms. The predicted molar refractivity (Wildman–Crippen MR) is 76.7 cm³/mol. The normalized spacial score (nSPS) is 12.9. The minimum atomic E-state index is -0.150. The number of carbonyl (C=O) groups is 1. The van der Waals surface area contributed by atoms with E-state index in [1.807, 2.05) is 32.0 Å². The summed E-state index contributed by atoms with van der Waals surface area (Å²) in [6, 6.07) is 7.95. The van der Waals surface area contributed by atoms with Crippen molar-refractivity contribution in [3.8, 4) is 0 Å². The molecule has 0 aromatic heterocycles. The molecule has 0 radical (unpaired) electrons. The standard InChI is InChI=1S/C14H20BrNO/c1-9(2)11-7-5-6-8-12(11)16-14(17)13(15)10(3)4/h5-10,13H,1-4H3,(H,16,17). The molecule has 1 N–H and O–H groups in total. The van der Waals surface area contributed by atoms with E-state index in [2.05, 4.69) is 41.2 Å². The van der Waals surface area contributed by atoms with Crippen LogP contribution in [0.25, 0.3) is 0 Å². The first kappa shape index (κ1) is 14.2. The molecule has 0 bridgehead atoms. The summed E-state index contributed by atoms with van der Waals surface area (Å²) in [4.78, 5) is 11.8. The van der Waals surface area contributed by atoms with Crippen molar-refractivity contribution >= 4 is 27.5 Å². The van der Waals surface area contributed by atoms with Crippen molar-refractivity contribution in [2.24, 2.45) is 5.92 Å². The van der Waals surface area contributed by atoms with Crippen molar-refractivity contribution in [2.75, 3.05) is 5.32 Å². The first-order chi connectivity index (χ1) is 7.93. The summed E-state index contributed by atoms with van der Waals surface area (Å²) in [6.45, 7) is 8.29. The number of para-hydroxylation sites is 1. The smallest absolute Gasteiger partial charge is 0.238 e. The number of alkyl halides is 1. The molecule has 1 atom stereocenters. The number of halogens is 1. The van der Waals surface area contributed by atoms with Gasteiger partial charge in [0, 0.05) is 5.69 Å². The molecule has 0 aliphatic heterocycles. The molecule has 0 fully saturated rings. The highest BCUT2D eigenvalue weighted by molar-refractivity contribution is 9.10. The Morgan fingerprint density at radius 3 is 2.29 bits per heavy atom. The van der Waals surface area contributed by atoms with E-state index in [4.69, 9.17) is 0 Å². The Hall–Kier alpha value is -0.830. The molecule has 94 valence electrons. The Kier molecular flexibility index (Phi) is 5.19. The second-order valence-corrected chi connectivity index (χ2v) is 5.86. The molecule has 1 aromatic carbocycles. The maximum absolute atomic E-state index is 12.0. The largest absolute Gasteiger partial charge is 0.325 e. The average molecular weight is 298 g/mol. The molecule has 1 amide bonds. The molecule has 17 heavy (non-hydrogen) atoms. The zero-order valence-corrected chi connectivity index (χ0v) is 12.4. The van der Waals surface area contributed by atoms with Crippen LogP contribution in [0.15, 0.2) is 24.3 Å². The molecule has 1 rings (SSSR count). The lowest BCUT2D eigenvalue weighted by atomic mass is 10.0. The summed E-state index contributed by atoms with van der Waals surface area (Å²) in [6.07, 6.45) is 0. The van der Waals surface area contributed by atoms with E-state index in [1.165, 1.54) is 5.56 Å². The van der Waals surface area contributed by atoms with E-state index in [9.17, 15) is 4.79 Å². The average Bonchev–Trinajstić information content (AvgIpc) is 2.28. The van der Waals surface area contributed by atoms with Gasteiger partial charge in [-0.2, -0.15) is 0 Å². The number of benzene rings is 1. The van der Waals surface area contributed by atoms with Crippen LogP contribution in [0.5, 0.6) is 0 Å². The van der Waals surface area contributed by atoms with Gasteiger partial charge in [0.1, 0.15) is 0 Å². The van der Waals surface area contributed by atoms with Crippen LogP contribution in [0, 0.1) is 5.92 Å². The number of hydrogen-bond acceptors (Lipinski definition) is 1. The maximum Gasteiger partial charge on any atom is 0.238 e. The van der Waals surface area contributed by atoms with Crippen LogP contribution in [-0.4, -0.2) is 10.7 Å². The third kappa shape index (κ3) is 3.84. The lowest BCUT2D eigenvalue weighted by Gasteiger charge is -2.17. The van der Waals surface area contributed by atoms with Crippen LogP contribution in [0.4, 0.5) is 5.69 Å². The van der Waals surface area contributed by atoms with Crippen molar-refractivity contribution in [2.45, 2.75) is 38.4 Å². The predicted octanol–water partition coefficient (Wildman–Crippen LogP) is 4.17. The summed E-state index contributed by atoms with van der Waals surface area (Å²) in [7, 11) is 0. The van der Waals surface area contributed by atoms with E-state index in [-0.39, 0.29) is 16.7 Å². The molecule has 2 nitrogen and oxygen atoms in total. The number of hydrogen-bond donors (Lipinski definition) is 1. The van der Waals surface area contributed by atoms with Gasteiger partial charge in [-0.05, 0) is 23.5 Å². The quantitative estimate of drug-likeness (QED) is 0.831. The number of rotatable bonds is 4. The molecular formula is C14H20BrNO. The van der Waals surface area contributed by atoms with Gasteiger partial charge in [-0.15, -0.1) is 0 Å². The van der Waals surface area contributed by atoms with Crippen LogP contribution in [0.3, 0.4) is 0 Å². The van der Waals surface area contributed by atoms with E-state index in [1.54, 1.807) is 0 Å². The Bertz CT molecular complexity index is 388. The third-order valence-corrected chi connectivity index (χ3v) is 4.15. The van der Waals surface area contributed by atoms with Crippen molar-refractivity contribution in [3.05, 3.63) is 29.8 Å². The topological polar surface area (TPSA) is 29.1 Å². The summed E-state index contributed by atoms with van der Waals surface area (Å²) < 4.78 is 0. The number of carbonyl (C=O) groups excluding carboxylic acids is 1. The molecule has 0 aliphatic carbocycles. The third-order valence-electron chi connectivity index (χ3n) is 2.68. The monoisotopic (exact) mass is 297 g/mol. The number of nitrogens with one attached hydrogen (secondary N) is 1. The minimum absolute atomic E-state index is 0.0214. The summed E-state index contributed by atoms with van der Waals surface area (Å²) >= 11 is 3.41. The summed E-state index contributed by atoms with van der Waals surface area (Å²) in [5, 5.41) is 2.99. The lowest BCUT2D eigenvalue weighted by molar-refractivity contribution is -0.116. The second kappa shape index (κ2) is 6.20. The molecule has 0 saturated carbocycles. The van der Waals surface area contributed by atoms with Gasteiger partial charge < -0.3 is 5.32 Å². The maximum atomic E-state index is 12.0. The molecular weight excluding hydrogens is 278 g/mol. The Labute approximate surface area is 112 Å². The highest BCUT2D eigenvalue weighted by Crippen LogP contribution is 2.24. The minimum Gasteiger partial charge on any atom is -0.325 e. The fourth-order valence-electron chi connectivity index (χ4n) is 1.62. The Morgan fingerprint density at radius 1 is 1.18 bits per heavy atom. The van der Waals surface area contributed by atoms with E-state index in [0.29, 0.717) is 5.92 Å². The van der Waals surface area contributed by atoms with Gasteiger partial charge >= 0.3 is 0 Å². The molecule has 0 saturated heterocycles. The zero-order valence-electron chi connectivity index (χ0n) is 10.8. The molecule has 0 heterocycles. The fourth-order valence-corrected chi connectivity index (χ4v) is 1.73. The van der Waals surface area contributed by atoms with Crippen molar-refractivity contribution in [3.63, 3.8) is 0 Å². The van der Waals surface area contributed by atoms with Crippen LogP contribution >= 0.6 is 15.9 Å². The van der Waals surface area contributed by atoms with Gasteiger partial charge in [0.2, 0.25) is 5.91 Å². The Morgan fingerprint density at radius 2 is 1.76 bits per heavy atom. The van der Waals surface area contributed by atoms with Crippen molar-refractivity contribution in [1.29, 1.82) is 0 Å². The van der Waals surface area contributed by atoms with Crippen LogP contribution < -0.4 is 5.32 Å². The first-order valence-electron chi connectivity index (χ1n) is 5.97. The zero-order chi connectivity index (χ0) is 13.0. The SMILES string of the molecule is CC(C)c1ccccc1NC(=O)C(Br)C(C)C. The highest BCUT2D eigenvalue weighted by atomic mass is 79.9. The van der Waals surface area contributed by atoms with Gasteiger partial charge in [0.15, 0.2) is 0 Å². The van der Waals surface area contributed by atoms with Crippen LogP contribution in [0.2, 0.25) is 0 Å². The van der Waals surface area contributed by atoms with Gasteiger partial charge in [-0.1, -0.05) is 61.8 Å². The van der Waals surface area contributed by atoms with E-state index in [0.717, 1.165) is 5.69 Å².